The summed E-state index contributed by atoms with van der Waals surface area (Å²) in [6, 6.07) is 14.8. The van der Waals surface area contributed by atoms with Gasteiger partial charge in [-0.1, -0.05) is 30.3 Å². The summed E-state index contributed by atoms with van der Waals surface area (Å²) in [6.07, 6.45) is 1.64. The number of nitrogens with zero attached hydrogens (tertiary/aromatic N) is 1. The second-order valence-electron chi connectivity index (χ2n) is 6.43. The summed E-state index contributed by atoms with van der Waals surface area (Å²) in [5.41, 5.74) is 4.49. The average Bonchev–Trinajstić information content (AvgIpc) is 2.90. The van der Waals surface area contributed by atoms with Crippen molar-refractivity contribution in [2.45, 2.75) is 25.5 Å². The molecular formula is C20H19N3O2. The maximum atomic E-state index is 12.5. The molecule has 0 unspecified atom stereocenters. The minimum absolute atomic E-state index is 0.349. The molecule has 5 nitrogen and oxygen atoms in total. The number of aromatic nitrogens is 1. The van der Waals surface area contributed by atoms with E-state index in [4.69, 9.17) is 0 Å². The average molecular weight is 333 g/mol. The maximum Gasteiger partial charge on any atom is 0.319 e. The molecule has 2 amide bonds. The van der Waals surface area contributed by atoms with Gasteiger partial charge in [-0.05, 0) is 41.8 Å². The van der Waals surface area contributed by atoms with E-state index >= 15 is 0 Å². The van der Waals surface area contributed by atoms with Crippen LogP contribution in [0.1, 0.15) is 22.7 Å². The number of carbonyl (C=O) groups is 1. The highest BCUT2D eigenvalue weighted by Gasteiger charge is 2.31. The predicted molar refractivity (Wildman–Crippen MR) is 97.5 cm³/mol. The van der Waals surface area contributed by atoms with Crippen LogP contribution >= 0.6 is 0 Å². The molecule has 25 heavy (non-hydrogen) atoms. The highest BCUT2D eigenvalue weighted by Crippen LogP contribution is 2.31. The molecule has 1 heterocycles. The topological polar surface area (TPSA) is 74.2 Å². The minimum Gasteiger partial charge on any atom is -0.390 e. The first-order valence-electron chi connectivity index (χ1n) is 8.30. The zero-order valence-electron chi connectivity index (χ0n) is 13.9. The van der Waals surface area contributed by atoms with Crippen molar-refractivity contribution in [2.24, 2.45) is 0 Å². The lowest BCUT2D eigenvalue weighted by molar-refractivity contribution is 0.144. The van der Waals surface area contributed by atoms with Crippen LogP contribution in [0.15, 0.2) is 54.7 Å². The van der Waals surface area contributed by atoms with Crippen LogP contribution in [-0.4, -0.2) is 22.2 Å². The van der Waals surface area contributed by atoms with Gasteiger partial charge in [0.1, 0.15) is 0 Å². The van der Waals surface area contributed by atoms with Gasteiger partial charge in [0.2, 0.25) is 0 Å². The van der Waals surface area contributed by atoms with Crippen molar-refractivity contribution in [1.82, 2.24) is 10.3 Å². The number of amides is 2. The lowest BCUT2D eigenvalue weighted by Crippen LogP contribution is -2.36. The Hall–Kier alpha value is -2.92. The summed E-state index contributed by atoms with van der Waals surface area (Å²) in [6.45, 7) is 1.98. The molecule has 0 bridgehead atoms. The van der Waals surface area contributed by atoms with Gasteiger partial charge in [-0.25, -0.2) is 4.79 Å². The third-order valence-electron chi connectivity index (χ3n) is 4.59. The zero-order valence-corrected chi connectivity index (χ0v) is 13.9. The Morgan fingerprint density at radius 2 is 2.04 bits per heavy atom. The summed E-state index contributed by atoms with van der Waals surface area (Å²) in [5.74, 6) is 0. The minimum atomic E-state index is -0.615. The molecule has 0 aliphatic heterocycles. The van der Waals surface area contributed by atoms with Gasteiger partial charge in [0.15, 0.2) is 0 Å². The largest absolute Gasteiger partial charge is 0.390 e. The van der Waals surface area contributed by atoms with E-state index in [0.717, 1.165) is 27.6 Å². The van der Waals surface area contributed by atoms with Crippen molar-refractivity contribution in [2.75, 3.05) is 5.32 Å². The Balaban J connectivity index is 1.58. The number of fused-ring (bicyclic) bond motifs is 2. The Morgan fingerprint density at radius 3 is 2.92 bits per heavy atom. The molecule has 5 heteroatoms. The second-order valence-corrected chi connectivity index (χ2v) is 6.43. The fraction of sp³-hybridized carbons (Fsp3) is 0.200. The van der Waals surface area contributed by atoms with E-state index in [2.05, 4.69) is 15.6 Å². The lowest BCUT2D eigenvalue weighted by atomic mass is 10.1. The van der Waals surface area contributed by atoms with Gasteiger partial charge in [-0.2, -0.15) is 0 Å². The van der Waals surface area contributed by atoms with Crippen LogP contribution in [0.25, 0.3) is 10.9 Å². The Morgan fingerprint density at radius 1 is 1.20 bits per heavy atom. The number of urea groups is 1. The molecule has 0 fully saturated rings. The summed E-state index contributed by atoms with van der Waals surface area (Å²) in [7, 11) is 0. The molecule has 3 aromatic rings. The molecule has 0 saturated heterocycles. The molecule has 3 N–H and O–H groups in total. The zero-order chi connectivity index (χ0) is 17.4. The molecular weight excluding hydrogens is 314 g/mol. The van der Waals surface area contributed by atoms with Crippen molar-refractivity contribution in [3.63, 3.8) is 0 Å². The van der Waals surface area contributed by atoms with E-state index in [1.165, 1.54) is 0 Å². The van der Waals surface area contributed by atoms with Gasteiger partial charge in [-0.15, -0.1) is 0 Å². The molecule has 1 aromatic heterocycles. The van der Waals surface area contributed by atoms with Gasteiger partial charge in [-0.3, -0.25) is 4.98 Å². The van der Waals surface area contributed by atoms with Crippen molar-refractivity contribution in [3.8, 4) is 0 Å². The summed E-state index contributed by atoms with van der Waals surface area (Å²) in [4.78, 5) is 16.9. The Kier molecular flexibility index (Phi) is 3.86. The fourth-order valence-electron chi connectivity index (χ4n) is 3.49. The van der Waals surface area contributed by atoms with Gasteiger partial charge in [0.25, 0.3) is 0 Å². The van der Waals surface area contributed by atoms with E-state index < -0.39 is 12.1 Å². The molecule has 0 radical (unpaired) electrons. The highest BCUT2D eigenvalue weighted by atomic mass is 16.3. The molecule has 2 aromatic carbocycles. The van der Waals surface area contributed by atoms with E-state index in [1.807, 2.05) is 55.5 Å². The lowest BCUT2D eigenvalue weighted by Gasteiger charge is -2.19. The normalized spacial score (nSPS) is 18.8. The van der Waals surface area contributed by atoms with E-state index in [9.17, 15) is 9.90 Å². The standard InChI is InChI=1S/C20H19N3O2/c1-12-9-14-6-4-8-21-18(14)16(10-12)22-20(25)23-19-15-7-3-2-5-13(15)11-17(19)24/h2-10,17,19,24H,11H2,1H3,(H2,22,23,25)/t17-,19+/m1/s1. The molecule has 4 rings (SSSR count). The first-order chi connectivity index (χ1) is 12.1. The molecule has 0 saturated carbocycles. The fourth-order valence-corrected chi connectivity index (χ4v) is 3.49. The highest BCUT2D eigenvalue weighted by molar-refractivity contribution is 6.00. The second kappa shape index (κ2) is 6.18. The SMILES string of the molecule is Cc1cc(NC(=O)N[C@H]2c3ccccc3C[C@H]2O)c2ncccc2c1. The van der Waals surface area contributed by atoms with E-state index in [-0.39, 0.29) is 6.03 Å². The summed E-state index contributed by atoms with van der Waals surface area (Å²) >= 11 is 0. The van der Waals surface area contributed by atoms with Crippen LogP contribution in [0.3, 0.4) is 0 Å². The summed E-state index contributed by atoms with van der Waals surface area (Å²) in [5, 5.41) is 17.0. The van der Waals surface area contributed by atoms with Gasteiger partial charge >= 0.3 is 6.03 Å². The number of carbonyl (C=O) groups excluding carboxylic acids is 1. The smallest absolute Gasteiger partial charge is 0.319 e. The Labute approximate surface area is 145 Å². The number of nitrogens with one attached hydrogen (secondary N) is 2. The molecule has 0 spiro atoms. The van der Waals surface area contributed by atoms with Gasteiger partial charge in [0, 0.05) is 18.0 Å². The number of anilines is 1. The number of benzene rings is 2. The number of aliphatic hydroxyl groups excluding tert-OH is 1. The van der Waals surface area contributed by atoms with Gasteiger partial charge < -0.3 is 15.7 Å². The van der Waals surface area contributed by atoms with Crippen LogP contribution in [0.2, 0.25) is 0 Å². The van der Waals surface area contributed by atoms with Crippen LogP contribution < -0.4 is 10.6 Å². The molecule has 1 aliphatic rings. The first kappa shape index (κ1) is 15.6. The number of aliphatic hydroxyl groups is 1. The monoisotopic (exact) mass is 333 g/mol. The third kappa shape index (κ3) is 2.94. The van der Waals surface area contributed by atoms with E-state index in [1.54, 1.807) is 6.20 Å². The number of hydrogen-bond acceptors (Lipinski definition) is 3. The summed E-state index contributed by atoms with van der Waals surface area (Å²) < 4.78 is 0. The molecule has 126 valence electrons. The molecule has 2 atom stereocenters. The van der Waals surface area contributed by atoms with Crippen LogP contribution in [0.5, 0.6) is 0 Å². The number of hydrogen-bond donors (Lipinski definition) is 3. The number of rotatable bonds is 2. The third-order valence-corrected chi connectivity index (χ3v) is 4.59. The predicted octanol–water partition coefficient (Wildman–Crippen LogP) is 3.32. The number of aryl methyl sites for hydroxylation is 1. The van der Waals surface area contributed by atoms with Crippen molar-refractivity contribution in [1.29, 1.82) is 0 Å². The van der Waals surface area contributed by atoms with Crippen LogP contribution in [0, 0.1) is 6.92 Å². The van der Waals surface area contributed by atoms with Crippen molar-refractivity contribution < 1.29 is 9.90 Å². The first-order valence-corrected chi connectivity index (χ1v) is 8.30. The van der Waals surface area contributed by atoms with Crippen molar-refractivity contribution >= 4 is 22.6 Å². The van der Waals surface area contributed by atoms with E-state index in [0.29, 0.717) is 12.1 Å². The maximum absolute atomic E-state index is 12.5. The van der Waals surface area contributed by atoms with Crippen molar-refractivity contribution in [3.05, 3.63) is 71.4 Å². The van der Waals surface area contributed by atoms with Crippen LogP contribution in [0.4, 0.5) is 10.5 Å². The number of pyridine rings is 1. The quantitative estimate of drug-likeness (QED) is 0.673. The Bertz CT molecular complexity index is 955. The van der Waals surface area contributed by atoms with Crippen LogP contribution in [-0.2, 0) is 6.42 Å². The van der Waals surface area contributed by atoms with Gasteiger partial charge in [0.05, 0.1) is 23.3 Å². The molecule has 1 aliphatic carbocycles.